The summed E-state index contributed by atoms with van der Waals surface area (Å²) in [7, 11) is -3.53. The van der Waals surface area contributed by atoms with E-state index in [-0.39, 0.29) is 10.8 Å². The number of aromatic amines is 1. The molecule has 28 heavy (non-hydrogen) atoms. The second-order valence-electron chi connectivity index (χ2n) is 7.17. The van der Waals surface area contributed by atoms with E-state index in [2.05, 4.69) is 28.6 Å². The number of anilines is 1. The van der Waals surface area contributed by atoms with Crippen LogP contribution in [0.5, 0.6) is 0 Å². The van der Waals surface area contributed by atoms with Crippen molar-refractivity contribution in [3.8, 4) is 0 Å². The van der Waals surface area contributed by atoms with Crippen LogP contribution in [0.15, 0.2) is 59.6 Å². The molecular formula is C21H23N3O3S. The maximum atomic E-state index is 13.0. The van der Waals surface area contributed by atoms with Gasteiger partial charge in [-0.3, -0.25) is 4.79 Å². The van der Waals surface area contributed by atoms with Crippen LogP contribution in [-0.2, 0) is 14.8 Å². The van der Waals surface area contributed by atoms with Gasteiger partial charge in [-0.15, -0.1) is 0 Å². The molecule has 2 N–H and O–H groups in total. The second-order valence-corrected chi connectivity index (χ2v) is 9.11. The molecule has 7 heteroatoms. The molecule has 0 spiro atoms. The molecule has 2 aromatic carbocycles. The molecule has 1 aliphatic rings. The Morgan fingerprint density at radius 2 is 1.75 bits per heavy atom. The first kappa shape index (κ1) is 18.7. The topological polar surface area (TPSA) is 82.3 Å². The Balaban J connectivity index is 1.47. The summed E-state index contributed by atoms with van der Waals surface area (Å²) in [6.45, 7) is 2.42. The van der Waals surface area contributed by atoms with Crippen LogP contribution in [0.1, 0.15) is 31.2 Å². The van der Waals surface area contributed by atoms with Crippen molar-refractivity contribution in [1.29, 1.82) is 0 Å². The Kier molecular flexibility index (Phi) is 4.95. The monoisotopic (exact) mass is 397 g/mol. The number of piperidine rings is 1. The first-order chi connectivity index (χ1) is 13.4. The van der Waals surface area contributed by atoms with Gasteiger partial charge in [0.1, 0.15) is 0 Å². The normalized spacial score (nSPS) is 16.3. The van der Waals surface area contributed by atoms with Crippen LogP contribution in [0, 0.1) is 0 Å². The van der Waals surface area contributed by atoms with Crippen LogP contribution >= 0.6 is 0 Å². The van der Waals surface area contributed by atoms with E-state index in [0.717, 1.165) is 18.4 Å². The van der Waals surface area contributed by atoms with Crippen LogP contribution in [0.3, 0.4) is 0 Å². The number of hydrogen-bond donors (Lipinski definition) is 2. The van der Waals surface area contributed by atoms with E-state index < -0.39 is 10.0 Å². The van der Waals surface area contributed by atoms with Crippen LogP contribution in [0.4, 0.5) is 5.69 Å². The fourth-order valence-electron chi connectivity index (χ4n) is 3.90. The molecule has 2 heterocycles. The number of para-hydroxylation sites is 1. The number of rotatable bonds is 4. The smallest absolute Gasteiger partial charge is 0.243 e. The van der Waals surface area contributed by atoms with Gasteiger partial charge in [0.05, 0.1) is 4.90 Å². The highest BCUT2D eigenvalue weighted by Gasteiger charge is 2.30. The number of carbonyl (C=O) groups excluding carboxylic acids is 1. The zero-order chi connectivity index (χ0) is 19.7. The summed E-state index contributed by atoms with van der Waals surface area (Å²) in [5.41, 5.74) is 2.98. The van der Waals surface area contributed by atoms with E-state index in [0.29, 0.717) is 24.7 Å². The third kappa shape index (κ3) is 3.55. The molecule has 6 nitrogen and oxygen atoms in total. The first-order valence-corrected chi connectivity index (χ1v) is 10.8. The van der Waals surface area contributed by atoms with Gasteiger partial charge >= 0.3 is 0 Å². The summed E-state index contributed by atoms with van der Waals surface area (Å²) in [6.07, 6.45) is 3.65. The van der Waals surface area contributed by atoms with Crippen molar-refractivity contribution < 1.29 is 13.2 Å². The van der Waals surface area contributed by atoms with Crippen molar-refractivity contribution in [2.24, 2.45) is 0 Å². The van der Waals surface area contributed by atoms with Gasteiger partial charge in [-0.05, 0) is 54.7 Å². The number of nitrogens with zero attached hydrogens (tertiary/aromatic N) is 1. The van der Waals surface area contributed by atoms with Gasteiger partial charge in [-0.25, -0.2) is 8.42 Å². The number of benzene rings is 2. The first-order valence-electron chi connectivity index (χ1n) is 9.39. The highest BCUT2D eigenvalue weighted by Crippen LogP contribution is 2.34. The van der Waals surface area contributed by atoms with E-state index in [4.69, 9.17) is 0 Å². The van der Waals surface area contributed by atoms with Gasteiger partial charge in [0.25, 0.3) is 0 Å². The van der Waals surface area contributed by atoms with Gasteiger partial charge in [-0.1, -0.05) is 18.2 Å². The molecule has 1 saturated heterocycles. The molecule has 0 atom stereocenters. The van der Waals surface area contributed by atoms with E-state index in [1.54, 1.807) is 28.6 Å². The molecular weight excluding hydrogens is 374 g/mol. The summed E-state index contributed by atoms with van der Waals surface area (Å²) >= 11 is 0. The van der Waals surface area contributed by atoms with Gasteiger partial charge in [-0.2, -0.15) is 4.31 Å². The largest absolute Gasteiger partial charge is 0.361 e. The molecule has 0 bridgehead atoms. The highest BCUT2D eigenvalue weighted by molar-refractivity contribution is 7.89. The number of sulfonamides is 1. The molecule has 0 unspecified atom stereocenters. The summed E-state index contributed by atoms with van der Waals surface area (Å²) in [5, 5.41) is 3.87. The molecule has 1 aliphatic heterocycles. The minimum atomic E-state index is -3.53. The predicted octanol–water partition coefficient (Wildman–Crippen LogP) is 3.69. The number of nitrogens with one attached hydrogen (secondary N) is 2. The zero-order valence-electron chi connectivity index (χ0n) is 15.7. The lowest BCUT2D eigenvalue weighted by molar-refractivity contribution is -0.114. The Morgan fingerprint density at radius 1 is 1.07 bits per heavy atom. The van der Waals surface area contributed by atoms with Crippen LogP contribution in [0.25, 0.3) is 10.9 Å². The minimum absolute atomic E-state index is 0.185. The maximum Gasteiger partial charge on any atom is 0.243 e. The number of amides is 1. The number of carbonyl (C=O) groups is 1. The lowest BCUT2D eigenvalue weighted by Crippen LogP contribution is -2.37. The average Bonchev–Trinajstić information content (AvgIpc) is 3.12. The van der Waals surface area contributed by atoms with Crippen molar-refractivity contribution >= 4 is 32.5 Å². The van der Waals surface area contributed by atoms with Gasteiger partial charge in [0.15, 0.2) is 0 Å². The fourth-order valence-corrected chi connectivity index (χ4v) is 5.37. The van der Waals surface area contributed by atoms with E-state index in [1.165, 1.54) is 17.9 Å². The molecule has 3 aromatic rings. The van der Waals surface area contributed by atoms with Crippen molar-refractivity contribution in [3.05, 3.63) is 60.3 Å². The number of H-pyrrole nitrogens is 1. The van der Waals surface area contributed by atoms with Crippen LogP contribution in [-0.4, -0.2) is 36.7 Å². The Labute approximate surface area is 164 Å². The molecule has 0 aliphatic carbocycles. The van der Waals surface area contributed by atoms with Crippen LogP contribution < -0.4 is 5.32 Å². The fraction of sp³-hybridized carbons (Fsp3) is 0.286. The summed E-state index contributed by atoms with van der Waals surface area (Å²) in [5.74, 6) is 0.166. The number of hydrogen-bond acceptors (Lipinski definition) is 3. The SMILES string of the molecule is CC(=O)Nc1ccc(S(=O)(=O)N2CCC(c3c[nH]c4ccccc34)CC2)cc1. The van der Waals surface area contributed by atoms with Crippen molar-refractivity contribution in [3.63, 3.8) is 0 Å². The molecule has 0 saturated carbocycles. The Bertz CT molecular complexity index is 1100. The van der Waals surface area contributed by atoms with E-state index in [1.807, 2.05) is 12.1 Å². The molecule has 1 amide bonds. The standard InChI is InChI=1S/C21H23N3O3S/c1-15(25)23-17-6-8-18(9-7-17)28(26,27)24-12-10-16(11-13-24)20-14-22-21-5-3-2-4-19(20)21/h2-9,14,16,22H,10-13H2,1H3,(H,23,25). The van der Waals surface area contributed by atoms with Crippen LogP contribution in [0.2, 0.25) is 0 Å². The minimum Gasteiger partial charge on any atom is -0.361 e. The summed E-state index contributed by atoms with van der Waals surface area (Å²) < 4.78 is 27.5. The Hall–Kier alpha value is -2.64. The highest BCUT2D eigenvalue weighted by atomic mass is 32.2. The molecule has 4 rings (SSSR count). The molecule has 0 radical (unpaired) electrons. The Morgan fingerprint density at radius 3 is 2.43 bits per heavy atom. The number of fused-ring (bicyclic) bond motifs is 1. The molecule has 1 aromatic heterocycles. The van der Waals surface area contributed by atoms with Crippen molar-refractivity contribution in [1.82, 2.24) is 9.29 Å². The zero-order valence-corrected chi connectivity index (χ0v) is 16.5. The van der Waals surface area contributed by atoms with E-state index in [9.17, 15) is 13.2 Å². The quantitative estimate of drug-likeness (QED) is 0.704. The van der Waals surface area contributed by atoms with Gasteiger partial charge in [0.2, 0.25) is 15.9 Å². The average molecular weight is 398 g/mol. The second kappa shape index (κ2) is 7.41. The van der Waals surface area contributed by atoms with E-state index >= 15 is 0 Å². The molecule has 146 valence electrons. The van der Waals surface area contributed by atoms with Gasteiger partial charge in [0, 0.05) is 42.8 Å². The van der Waals surface area contributed by atoms with Crippen molar-refractivity contribution in [2.45, 2.75) is 30.6 Å². The summed E-state index contributed by atoms with van der Waals surface area (Å²) in [4.78, 5) is 14.7. The predicted molar refractivity (Wildman–Crippen MR) is 110 cm³/mol. The lowest BCUT2D eigenvalue weighted by atomic mass is 9.90. The van der Waals surface area contributed by atoms with Crippen molar-refractivity contribution in [2.75, 3.05) is 18.4 Å². The number of aromatic nitrogens is 1. The molecule has 1 fully saturated rings. The third-order valence-electron chi connectivity index (χ3n) is 5.33. The van der Waals surface area contributed by atoms with Gasteiger partial charge < -0.3 is 10.3 Å². The summed E-state index contributed by atoms with van der Waals surface area (Å²) in [6, 6.07) is 14.5. The maximum absolute atomic E-state index is 13.0. The third-order valence-corrected chi connectivity index (χ3v) is 7.24. The lowest BCUT2D eigenvalue weighted by Gasteiger charge is -2.31.